The number of alkyl halides is 1. The minimum Gasteiger partial charge on any atom is -0.459 e. The third kappa shape index (κ3) is 6.82. The number of fused-ring (bicyclic) bond motifs is 1. The fourth-order valence-electron chi connectivity index (χ4n) is 4.67. The summed E-state index contributed by atoms with van der Waals surface area (Å²) in [5.74, 6) is -0.745. The number of nitrogen functional groups attached to an aromatic ring is 1. The summed E-state index contributed by atoms with van der Waals surface area (Å²) < 4.78 is 46.5. The molecule has 5 rings (SSSR count). The topological polar surface area (TPSA) is 204 Å². The molecule has 3 N–H and O–H groups in total. The zero-order chi connectivity index (χ0) is 32.8. The van der Waals surface area contributed by atoms with Crippen LogP contribution in [-0.2, 0) is 30.0 Å². The number of hydroxylamine groups is 1. The highest BCUT2D eigenvalue weighted by Crippen LogP contribution is 2.43. The maximum atomic E-state index is 15.6. The lowest BCUT2D eigenvalue weighted by Crippen LogP contribution is -2.43. The highest BCUT2D eigenvalue weighted by Gasteiger charge is 2.59. The number of carbonyl (C=O) groups excluding carboxylic acids is 1. The Morgan fingerprint density at radius 2 is 1.93 bits per heavy atom. The van der Waals surface area contributed by atoms with Gasteiger partial charge in [0.25, 0.3) is 0 Å². The van der Waals surface area contributed by atoms with E-state index in [0.717, 1.165) is 21.0 Å². The molecule has 0 spiro atoms. The van der Waals surface area contributed by atoms with E-state index in [1.165, 1.54) is 13.0 Å². The molecular weight excluding hydrogens is 624 g/mol. The lowest BCUT2D eigenvalue weighted by molar-refractivity contribution is -0.156. The number of esters is 1. The van der Waals surface area contributed by atoms with Crippen LogP contribution in [0.5, 0.6) is 5.75 Å². The summed E-state index contributed by atoms with van der Waals surface area (Å²) in [4.78, 5) is 38.3. The number of nitrogens with zero attached hydrogens (tertiary/aromatic N) is 6. The number of aromatic nitrogens is 2. The van der Waals surface area contributed by atoms with Gasteiger partial charge in [0.2, 0.25) is 5.72 Å². The summed E-state index contributed by atoms with van der Waals surface area (Å²) >= 11 is 0. The zero-order valence-electron chi connectivity index (χ0n) is 24.2. The SMILES string of the molecule is CC(C(=O)OCc1ccccc1)N(Oc1cccc2ccccc12)[P+](=O)OC[C@@]1(N=[N+]=[N-])O[C@@H](n2ccc(N)nc2=O)[C@H](O)[C@@H]1F. The van der Waals surface area contributed by atoms with Crippen LogP contribution in [0.15, 0.2) is 95.0 Å². The number of hydrogen-bond acceptors (Lipinski definition) is 11. The molecule has 1 aliphatic heterocycles. The Balaban J connectivity index is 1.40. The average Bonchev–Trinajstić information content (AvgIpc) is 3.30. The molecule has 1 saturated heterocycles. The summed E-state index contributed by atoms with van der Waals surface area (Å²) in [5.41, 5.74) is 11.9. The van der Waals surface area contributed by atoms with E-state index in [1.54, 1.807) is 54.6 Å². The van der Waals surface area contributed by atoms with Gasteiger partial charge in [-0.3, -0.25) is 9.36 Å². The normalized spacial score (nSPS) is 21.8. The van der Waals surface area contributed by atoms with Gasteiger partial charge in [0, 0.05) is 16.5 Å². The third-order valence-electron chi connectivity index (χ3n) is 7.07. The molecule has 2 heterocycles. The maximum absolute atomic E-state index is 15.6. The van der Waals surface area contributed by atoms with Crippen LogP contribution >= 0.6 is 8.18 Å². The van der Waals surface area contributed by atoms with Crippen molar-refractivity contribution in [2.45, 2.75) is 43.8 Å². The highest BCUT2D eigenvalue weighted by atomic mass is 31.1. The van der Waals surface area contributed by atoms with Crippen molar-refractivity contribution in [3.63, 3.8) is 0 Å². The molecule has 1 aromatic heterocycles. The van der Waals surface area contributed by atoms with Crippen molar-refractivity contribution in [3.05, 3.63) is 112 Å². The first-order chi connectivity index (χ1) is 22.1. The molecule has 0 radical (unpaired) electrons. The van der Waals surface area contributed by atoms with E-state index in [0.29, 0.717) is 10.9 Å². The monoisotopic (exact) mass is 652 g/mol. The largest absolute Gasteiger partial charge is 0.653 e. The van der Waals surface area contributed by atoms with E-state index in [2.05, 4.69) is 15.0 Å². The van der Waals surface area contributed by atoms with E-state index in [1.807, 2.05) is 18.2 Å². The molecule has 4 aromatic rings. The number of nitrogens with two attached hydrogens (primary N) is 1. The molecule has 6 atom stereocenters. The molecule has 0 saturated carbocycles. The lowest BCUT2D eigenvalue weighted by Gasteiger charge is -2.23. The van der Waals surface area contributed by atoms with Crippen LogP contribution in [0.1, 0.15) is 18.7 Å². The summed E-state index contributed by atoms with van der Waals surface area (Å²) in [5, 5.41) is 15.4. The Kier molecular flexibility index (Phi) is 9.87. The van der Waals surface area contributed by atoms with Crippen LogP contribution in [0.4, 0.5) is 10.2 Å². The van der Waals surface area contributed by atoms with Gasteiger partial charge >= 0.3 is 19.8 Å². The van der Waals surface area contributed by atoms with Gasteiger partial charge in [0.15, 0.2) is 24.2 Å². The van der Waals surface area contributed by atoms with Crippen LogP contribution in [0.2, 0.25) is 0 Å². The molecule has 3 aromatic carbocycles. The van der Waals surface area contributed by atoms with Gasteiger partial charge in [-0.2, -0.15) is 4.98 Å². The number of hydrogen-bond donors (Lipinski definition) is 2. The number of aliphatic hydroxyl groups excluding tert-OH is 1. The number of ether oxygens (including phenoxy) is 2. The Hall–Kier alpha value is -4.95. The average molecular weight is 653 g/mol. The third-order valence-corrected chi connectivity index (χ3v) is 8.17. The highest BCUT2D eigenvalue weighted by molar-refractivity contribution is 7.36. The van der Waals surface area contributed by atoms with Crippen molar-refractivity contribution in [1.29, 1.82) is 0 Å². The van der Waals surface area contributed by atoms with E-state index in [-0.39, 0.29) is 18.2 Å². The van der Waals surface area contributed by atoms with Crippen LogP contribution in [0, 0.1) is 0 Å². The molecule has 0 amide bonds. The molecule has 46 heavy (non-hydrogen) atoms. The first-order valence-electron chi connectivity index (χ1n) is 13.8. The van der Waals surface area contributed by atoms with Gasteiger partial charge in [-0.1, -0.05) is 71.8 Å². The molecule has 238 valence electrons. The molecule has 1 fully saturated rings. The summed E-state index contributed by atoms with van der Waals surface area (Å²) in [6, 6.07) is 21.0. The second-order valence-corrected chi connectivity index (χ2v) is 11.3. The van der Waals surface area contributed by atoms with E-state index >= 15 is 4.39 Å². The fraction of sp³-hybridized carbons (Fsp3) is 0.276. The van der Waals surface area contributed by atoms with Crippen molar-refractivity contribution in [2.24, 2.45) is 5.11 Å². The number of halogens is 1. The first kappa shape index (κ1) is 32.4. The van der Waals surface area contributed by atoms with Crippen LogP contribution in [0.3, 0.4) is 0 Å². The van der Waals surface area contributed by atoms with Gasteiger partial charge in [0.05, 0.1) is 0 Å². The van der Waals surface area contributed by atoms with Crippen molar-refractivity contribution in [3.8, 4) is 5.75 Å². The minimum atomic E-state index is -3.18. The Bertz CT molecular complexity index is 1840. The van der Waals surface area contributed by atoms with Gasteiger partial charge in [-0.25, -0.2) is 9.18 Å². The van der Waals surface area contributed by atoms with Crippen LogP contribution < -0.4 is 16.3 Å². The molecule has 17 heteroatoms. The predicted octanol–water partition coefficient (Wildman–Crippen LogP) is 4.32. The number of aliphatic hydroxyl groups is 1. The molecule has 1 aliphatic rings. The maximum Gasteiger partial charge on any atom is 0.653 e. The number of carbonyl (C=O) groups is 1. The Morgan fingerprint density at radius 1 is 1.22 bits per heavy atom. The summed E-state index contributed by atoms with van der Waals surface area (Å²) in [6.45, 7) is 0.252. The van der Waals surface area contributed by atoms with Crippen molar-refractivity contribution in [1.82, 2.24) is 14.4 Å². The van der Waals surface area contributed by atoms with E-state index in [9.17, 15) is 24.8 Å². The van der Waals surface area contributed by atoms with Crippen molar-refractivity contribution >= 4 is 30.7 Å². The van der Waals surface area contributed by atoms with Crippen molar-refractivity contribution < 1.29 is 37.7 Å². The summed E-state index contributed by atoms with van der Waals surface area (Å²) in [7, 11) is -3.18. The second kappa shape index (κ2) is 14.0. The van der Waals surface area contributed by atoms with Gasteiger partial charge < -0.3 is 25.2 Å². The van der Waals surface area contributed by atoms with E-state index < -0.39 is 56.7 Å². The molecule has 2 unspecified atom stereocenters. The Morgan fingerprint density at radius 3 is 2.67 bits per heavy atom. The number of azide groups is 1. The minimum absolute atomic E-state index is 0.0836. The number of anilines is 1. The zero-order valence-corrected chi connectivity index (χ0v) is 25.1. The number of rotatable bonds is 12. The van der Waals surface area contributed by atoms with Crippen LogP contribution in [0.25, 0.3) is 21.2 Å². The lowest BCUT2D eigenvalue weighted by atomic mass is 10.1. The van der Waals surface area contributed by atoms with E-state index in [4.69, 9.17) is 24.6 Å². The smallest absolute Gasteiger partial charge is 0.459 e. The van der Waals surface area contributed by atoms with Gasteiger partial charge in [-0.15, -0.1) is 4.52 Å². The molecule has 0 bridgehead atoms. The molecular formula is C29H28FN7O8P+. The number of benzene rings is 3. The quantitative estimate of drug-likeness (QED) is 0.0551. The Labute approximate surface area is 261 Å². The molecule has 0 aliphatic carbocycles. The first-order valence-corrected chi connectivity index (χ1v) is 14.9. The van der Waals surface area contributed by atoms with Crippen molar-refractivity contribution in [2.75, 3.05) is 12.3 Å². The van der Waals surface area contributed by atoms with Crippen LogP contribution in [-0.4, -0.2) is 56.1 Å². The molecule has 15 nitrogen and oxygen atoms in total. The fourth-order valence-corrected chi connectivity index (χ4v) is 5.61. The van der Waals surface area contributed by atoms with Gasteiger partial charge in [-0.05, 0) is 40.1 Å². The van der Waals surface area contributed by atoms with Gasteiger partial charge in [0.1, 0.15) is 30.0 Å². The standard InChI is InChI=1S/C29H27FN7O8P/c1-18(27(39)42-16-19-8-3-2-4-9-19)37(45-22-13-7-11-20-10-5-6-12-21(20)22)46(41)43-17-29(34-35-32)25(30)24(38)26(44-29)36-15-14-23(31)33-28(36)40/h2-15,18,24-26,38H,16-17H2,1H3,(H-,31,33,40)/p+1/t18?,24-,25+,26-,29-/m1/s1. The summed E-state index contributed by atoms with van der Waals surface area (Å²) in [6.07, 6.45) is -5.09. The predicted molar refractivity (Wildman–Crippen MR) is 161 cm³/mol. The second-order valence-electron chi connectivity index (χ2n) is 10.1.